The summed E-state index contributed by atoms with van der Waals surface area (Å²) in [6.45, 7) is 4.98. The topological polar surface area (TPSA) is 129 Å². The average molecular weight is 577 g/mol. The van der Waals surface area contributed by atoms with Gasteiger partial charge in [-0.05, 0) is 73.5 Å². The molecule has 0 radical (unpaired) electrons. The summed E-state index contributed by atoms with van der Waals surface area (Å²) >= 11 is 2.42. The summed E-state index contributed by atoms with van der Waals surface area (Å²) in [7, 11) is 1.59. The van der Waals surface area contributed by atoms with Crippen LogP contribution in [0.15, 0.2) is 71.1 Å². The second kappa shape index (κ2) is 12.6. The Morgan fingerprint density at radius 3 is 2.20 bits per heavy atom. The number of methoxy groups -OCH3 is 1. The molecule has 0 fully saturated rings. The first-order chi connectivity index (χ1) is 19.2. The number of thiophene rings is 2. The second-order valence-electron chi connectivity index (χ2n) is 8.86. The van der Waals surface area contributed by atoms with Gasteiger partial charge < -0.3 is 20.5 Å². The van der Waals surface area contributed by atoms with Crippen LogP contribution in [0.3, 0.4) is 0 Å². The molecule has 4 N–H and O–H groups in total. The van der Waals surface area contributed by atoms with Gasteiger partial charge in [-0.1, -0.05) is 12.1 Å². The van der Waals surface area contributed by atoms with Gasteiger partial charge in [-0.2, -0.15) is 5.10 Å². The monoisotopic (exact) mass is 576 g/mol. The molecule has 206 valence electrons. The third-order valence-corrected chi connectivity index (χ3v) is 8.07. The van der Waals surface area contributed by atoms with Crippen LogP contribution < -0.4 is 20.8 Å². The van der Waals surface area contributed by atoms with Crippen LogP contribution in [-0.4, -0.2) is 35.6 Å². The van der Waals surface area contributed by atoms with Crippen LogP contribution in [0.25, 0.3) is 10.4 Å². The van der Waals surface area contributed by atoms with E-state index >= 15 is 0 Å². The van der Waals surface area contributed by atoms with Gasteiger partial charge >= 0.3 is 0 Å². The Bertz CT molecular complexity index is 1560. The molecule has 40 heavy (non-hydrogen) atoms. The van der Waals surface area contributed by atoms with Gasteiger partial charge in [0.25, 0.3) is 11.8 Å². The summed E-state index contributed by atoms with van der Waals surface area (Å²) in [4.78, 5) is 38.0. The van der Waals surface area contributed by atoms with E-state index in [1.54, 1.807) is 43.7 Å². The van der Waals surface area contributed by atoms with Crippen molar-refractivity contribution < 1.29 is 24.2 Å². The number of aromatic hydroxyl groups is 1. The summed E-state index contributed by atoms with van der Waals surface area (Å²) in [5.74, 6) is -0.124. The predicted octanol–water partition coefficient (Wildman–Crippen LogP) is 5.79. The Balaban J connectivity index is 1.36. The number of ether oxygens (including phenoxy) is 1. The highest BCUT2D eigenvalue weighted by Crippen LogP contribution is 2.39. The summed E-state index contributed by atoms with van der Waals surface area (Å²) in [6.07, 6.45) is 0. The van der Waals surface area contributed by atoms with E-state index in [1.165, 1.54) is 18.3 Å². The zero-order chi connectivity index (χ0) is 28.8. The zero-order valence-electron chi connectivity index (χ0n) is 22.3. The first kappa shape index (κ1) is 28.5. The maximum absolute atomic E-state index is 12.8. The predicted molar refractivity (Wildman–Crippen MR) is 159 cm³/mol. The van der Waals surface area contributed by atoms with Crippen molar-refractivity contribution >= 4 is 51.8 Å². The number of amides is 3. The quantitative estimate of drug-likeness (QED) is 0.148. The summed E-state index contributed by atoms with van der Waals surface area (Å²) in [5.41, 5.74) is 5.84. The first-order valence-electron chi connectivity index (χ1n) is 12.2. The van der Waals surface area contributed by atoms with Gasteiger partial charge in [0.15, 0.2) is 0 Å². The number of hydrazone groups is 1. The highest BCUT2D eigenvalue weighted by Gasteiger charge is 2.18. The molecule has 2 heterocycles. The molecule has 1 atom stereocenters. The molecular weight excluding hydrogens is 548 g/mol. The van der Waals surface area contributed by atoms with E-state index in [2.05, 4.69) is 21.2 Å². The van der Waals surface area contributed by atoms with Crippen LogP contribution in [0.4, 0.5) is 5.69 Å². The van der Waals surface area contributed by atoms with Crippen LogP contribution >= 0.6 is 22.7 Å². The van der Waals surface area contributed by atoms with E-state index in [0.717, 1.165) is 28.2 Å². The van der Waals surface area contributed by atoms with Gasteiger partial charge in [-0.25, -0.2) is 5.43 Å². The Morgan fingerprint density at radius 2 is 1.57 bits per heavy atom. The molecule has 0 saturated carbocycles. The molecule has 0 aliphatic heterocycles. The molecule has 2 aromatic carbocycles. The number of hydrogen-bond acceptors (Lipinski definition) is 8. The summed E-state index contributed by atoms with van der Waals surface area (Å²) in [5, 5.41) is 22.3. The molecule has 0 bridgehead atoms. The normalized spacial score (nSPS) is 11.9. The van der Waals surface area contributed by atoms with Gasteiger partial charge in [0.2, 0.25) is 5.91 Å². The molecule has 0 saturated heterocycles. The molecule has 4 rings (SSSR count). The van der Waals surface area contributed by atoms with Gasteiger partial charge in [0.05, 0.1) is 39.1 Å². The van der Waals surface area contributed by atoms with E-state index in [-0.39, 0.29) is 23.6 Å². The van der Waals surface area contributed by atoms with E-state index < -0.39 is 5.91 Å². The van der Waals surface area contributed by atoms with Crippen LogP contribution in [0, 0.1) is 0 Å². The fourth-order valence-corrected chi connectivity index (χ4v) is 5.61. The lowest BCUT2D eigenvalue weighted by Crippen LogP contribution is -2.25. The highest BCUT2D eigenvalue weighted by molar-refractivity contribution is 7.16. The van der Waals surface area contributed by atoms with Crippen molar-refractivity contribution in [1.82, 2.24) is 10.7 Å². The van der Waals surface area contributed by atoms with Crippen molar-refractivity contribution in [2.75, 3.05) is 12.4 Å². The lowest BCUT2D eigenvalue weighted by atomic mass is 10.1. The molecule has 2 aromatic heterocycles. The van der Waals surface area contributed by atoms with Crippen LogP contribution in [0.5, 0.6) is 11.5 Å². The molecule has 3 amide bonds. The minimum atomic E-state index is -0.463. The second-order valence-corrected chi connectivity index (χ2v) is 10.8. The molecule has 11 heteroatoms. The number of rotatable bonds is 9. The Kier molecular flexibility index (Phi) is 8.97. The van der Waals surface area contributed by atoms with Gasteiger partial charge in [0, 0.05) is 18.0 Å². The van der Waals surface area contributed by atoms with Gasteiger partial charge in [0.1, 0.15) is 11.5 Å². The molecule has 1 unspecified atom stereocenters. The van der Waals surface area contributed by atoms with Crippen molar-refractivity contribution in [2.45, 2.75) is 26.8 Å². The van der Waals surface area contributed by atoms with Crippen molar-refractivity contribution in [3.8, 4) is 21.9 Å². The van der Waals surface area contributed by atoms with Crippen LogP contribution in [0.2, 0.25) is 0 Å². The van der Waals surface area contributed by atoms with Crippen molar-refractivity contribution in [3.05, 3.63) is 86.9 Å². The lowest BCUT2D eigenvalue weighted by Gasteiger charge is -2.14. The van der Waals surface area contributed by atoms with E-state index in [4.69, 9.17) is 4.74 Å². The zero-order valence-corrected chi connectivity index (χ0v) is 23.9. The van der Waals surface area contributed by atoms with E-state index in [1.807, 2.05) is 43.3 Å². The van der Waals surface area contributed by atoms with Crippen molar-refractivity contribution in [2.24, 2.45) is 5.10 Å². The number of nitrogens with zero attached hydrogens (tertiary/aromatic N) is 1. The van der Waals surface area contributed by atoms with E-state index in [0.29, 0.717) is 31.6 Å². The van der Waals surface area contributed by atoms with Crippen molar-refractivity contribution in [1.29, 1.82) is 0 Å². The van der Waals surface area contributed by atoms with E-state index in [9.17, 15) is 19.5 Å². The smallest absolute Gasteiger partial charge is 0.281 e. The highest BCUT2D eigenvalue weighted by atomic mass is 32.1. The molecule has 0 aliphatic rings. The number of carbonyl (C=O) groups is 3. The van der Waals surface area contributed by atoms with Crippen molar-refractivity contribution in [3.63, 3.8) is 0 Å². The van der Waals surface area contributed by atoms with Crippen LogP contribution in [0.1, 0.15) is 57.3 Å². The third kappa shape index (κ3) is 6.74. The Morgan fingerprint density at radius 1 is 0.925 bits per heavy atom. The van der Waals surface area contributed by atoms with Gasteiger partial charge in [-0.15, -0.1) is 22.7 Å². The first-order valence-corrected chi connectivity index (χ1v) is 13.9. The van der Waals surface area contributed by atoms with Crippen LogP contribution in [-0.2, 0) is 4.79 Å². The molecule has 0 aliphatic carbocycles. The largest absolute Gasteiger partial charge is 0.506 e. The molecule has 9 nitrogen and oxygen atoms in total. The average Bonchev–Trinajstić information content (AvgIpc) is 3.59. The number of nitrogens with one attached hydrogen (secondary N) is 3. The Labute approximate surface area is 239 Å². The standard InChI is InChI=1S/C29H28N4O5S2/c1-16(19-5-9-21(10-6-19)31-18(3)34)30-28(36)24-13-14-25(40-24)29(37)33-32-17(2)23-15-39-27(26(23)35)20-7-11-22(38-4)12-8-20/h5-16,35H,1-4H3,(H,30,36)(H,31,34)(H,33,37)/b32-17+. The lowest BCUT2D eigenvalue weighted by molar-refractivity contribution is -0.114. The number of benzene rings is 2. The summed E-state index contributed by atoms with van der Waals surface area (Å²) < 4.78 is 5.18. The third-order valence-electron chi connectivity index (χ3n) is 5.96. The van der Waals surface area contributed by atoms with Gasteiger partial charge in [-0.3, -0.25) is 14.4 Å². The number of anilines is 1. The number of hydrogen-bond donors (Lipinski definition) is 4. The number of carbonyl (C=O) groups excluding carboxylic acids is 3. The maximum Gasteiger partial charge on any atom is 0.281 e. The molecular formula is C29H28N4O5S2. The minimum absolute atomic E-state index is 0.0830. The summed E-state index contributed by atoms with van der Waals surface area (Å²) in [6, 6.07) is 17.4. The molecule has 4 aromatic rings. The molecule has 0 spiro atoms. The SMILES string of the molecule is COc1ccc(-c2scc(/C(C)=N/NC(=O)c3ccc(C(=O)NC(C)c4ccc(NC(C)=O)cc4)s3)c2O)cc1. The Hall–Kier alpha value is -4.48. The fourth-order valence-electron chi connectivity index (χ4n) is 3.80. The fraction of sp³-hybridized carbons (Fsp3) is 0.172. The minimum Gasteiger partial charge on any atom is -0.506 e. The maximum atomic E-state index is 12.8.